The van der Waals surface area contributed by atoms with Gasteiger partial charge in [0.05, 0.1) is 11.0 Å². The number of imidazole rings is 1. The van der Waals surface area contributed by atoms with Gasteiger partial charge in [0.25, 0.3) is 0 Å². The minimum Gasteiger partial charge on any atom is -0.293 e. The van der Waals surface area contributed by atoms with Crippen LogP contribution in [0.5, 0.6) is 0 Å². The van der Waals surface area contributed by atoms with Crippen LogP contribution in [0.3, 0.4) is 0 Å². The van der Waals surface area contributed by atoms with Gasteiger partial charge in [0.15, 0.2) is 0 Å². The van der Waals surface area contributed by atoms with Crippen LogP contribution in [0.4, 0.5) is 0 Å². The van der Waals surface area contributed by atoms with E-state index in [-0.39, 0.29) is 0 Å². The topological polar surface area (TPSA) is 17.8 Å². The SMILES string of the molecule is C/C=C\C(=C/C)n1c(-c2cccc(Br)c2)nc2ccccc21. The summed E-state index contributed by atoms with van der Waals surface area (Å²) >= 11 is 3.55. The Morgan fingerprint density at radius 3 is 2.64 bits per heavy atom. The van der Waals surface area contributed by atoms with E-state index in [1.807, 2.05) is 31.2 Å². The van der Waals surface area contributed by atoms with E-state index in [9.17, 15) is 0 Å². The molecule has 2 aromatic carbocycles. The quantitative estimate of drug-likeness (QED) is 0.536. The van der Waals surface area contributed by atoms with Gasteiger partial charge in [0.1, 0.15) is 5.82 Å². The third-order valence-electron chi connectivity index (χ3n) is 3.53. The fourth-order valence-electron chi connectivity index (χ4n) is 2.58. The van der Waals surface area contributed by atoms with E-state index in [1.54, 1.807) is 0 Å². The molecule has 0 fully saturated rings. The van der Waals surface area contributed by atoms with Crippen LogP contribution in [0.15, 0.2) is 71.2 Å². The van der Waals surface area contributed by atoms with E-state index < -0.39 is 0 Å². The minimum atomic E-state index is 0.953. The summed E-state index contributed by atoms with van der Waals surface area (Å²) in [7, 11) is 0. The third-order valence-corrected chi connectivity index (χ3v) is 4.03. The average Bonchev–Trinajstić information content (AvgIpc) is 2.92. The predicted molar refractivity (Wildman–Crippen MR) is 97.6 cm³/mol. The zero-order valence-corrected chi connectivity index (χ0v) is 14.2. The Labute approximate surface area is 138 Å². The summed E-state index contributed by atoms with van der Waals surface area (Å²) in [6.45, 7) is 4.08. The van der Waals surface area contributed by atoms with Crippen LogP contribution in [0.2, 0.25) is 0 Å². The number of allylic oxidation sites excluding steroid dienone is 4. The van der Waals surface area contributed by atoms with Crippen molar-refractivity contribution in [2.24, 2.45) is 0 Å². The first-order valence-electron chi connectivity index (χ1n) is 7.27. The fourth-order valence-corrected chi connectivity index (χ4v) is 2.98. The highest BCUT2D eigenvalue weighted by atomic mass is 79.9. The van der Waals surface area contributed by atoms with E-state index in [0.717, 1.165) is 32.6 Å². The van der Waals surface area contributed by atoms with E-state index in [2.05, 4.69) is 69.9 Å². The Balaban J connectivity index is 2.34. The van der Waals surface area contributed by atoms with Crippen molar-refractivity contribution < 1.29 is 0 Å². The maximum atomic E-state index is 4.84. The molecule has 0 spiro atoms. The predicted octanol–water partition coefficient (Wildman–Crippen LogP) is 5.90. The van der Waals surface area contributed by atoms with Crippen molar-refractivity contribution >= 4 is 32.7 Å². The molecule has 0 aliphatic carbocycles. The average molecular weight is 353 g/mol. The number of hydrogen-bond donors (Lipinski definition) is 0. The van der Waals surface area contributed by atoms with Crippen LogP contribution < -0.4 is 0 Å². The Morgan fingerprint density at radius 1 is 1.09 bits per heavy atom. The normalized spacial score (nSPS) is 12.4. The molecular formula is C19H17BrN2. The molecular weight excluding hydrogens is 336 g/mol. The van der Waals surface area contributed by atoms with Gasteiger partial charge in [-0.15, -0.1) is 0 Å². The van der Waals surface area contributed by atoms with Crippen molar-refractivity contribution in [3.05, 3.63) is 71.2 Å². The lowest BCUT2D eigenvalue weighted by Gasteiger charge is -2.10. The highest BCUT2D eigenvalue weighted by Gasteiger charge is 2.14. The first kappa shape index (κ1) is 14.8. The van der Waals surface area contributed by atoms with Gasteiger partial charge in [-0.3, -0.25) is 4.57 Å². The van der Waals surface area contributed by atoms with Gasteiger partial charge in [0, 0.05) is 15.7 Å². The Bertz CT molecular complexity index is 872. The largest absolute Gasteiger partial charge is 0.293 e. The number of rotatable bonds is 3. The molecule has 1 aromatic heterocycles. The number of benzene rings is 2. The molecule has 0 N–H and O–H groups in total. The standard InChI is InChI=1S/C19H17BrN2/c1-3-8-16(4-2)22-18-12-6-5-11-17(18)21-19(22)14-9-7-10-15(20)13-14/h3-13H,1-2H3/b8-3-,16-4+. The Morgan fingerprint density at radius 2 is 1.91 bits per heavy atom. The summed E-state index contributed by atoms with van der Waals surface area (Å²) < 4.78 is 3.26. The van der Waals surface area contributed by atoms with Crippen LogP contribution in [-0.4, -0.2) is 9.55 Å². The molecule has 0 saturated heterocycles. The molecule has 0 unspecified atom stereocenters. The molecule has 0 aliphatic rings. The number of para-hydroxylation sites is 2. The number of halogens is 1. The van der Waals surface area contributed by atoms with Crippen molar-refractivity contribution in [1.29, 1.82) is 0 Å². The van der Waals surface area contributed by atoms with Crippen LogP contribution in [0.25, 0.3) is 28.1 Å². The van der Waals surface area contributed by atoms with Gasteiger partial charge in [-0.2, -0.15) is 0 Å². The van der Waals surface area contributed by atoms with Crippen molar-refractivity contribution in [2.45, 2.75) is 13.8 Å². The van der Waals surface area contributed by atoms with Gasteiger partial charge in [-0.25, -0.2) is 4.98 Å². The summed E-state index contributed by atoms with van der Waals surface area (Å²) in [6, 6.07) is 16.5. The molecule has 0 radical (unpaired) electrons. The van der Waals surface area contributed by atoms with Crippen LogP contribution in [-0.2, 0) is 0 Å². The van der Waals surface area contributed by atoms with E-state index in [0.29, 0.717) is 0 Å². The monoisotopic (exact) mass is 352 g/mol. The molecule has 0 aliphatic heterocycles. The first-order chi connectivity index (χ1) is 10.7. The van der Waals surface area contributed by atoms with E-state index in [4.69, 9.17) is 4.98 Å². The molecule has 3 aromatic rings. The molecule has 110 valence electrons. The minimum absolute atomic E-state index is 0.953. The van der Waals surface area contributed by atoms with Crippen molar-refractivity contribution in [3.8, 4) is 11.4 Å². The smallest absolute Gasteiger partial charge is 0.145 e. The number of hydrogen-bond acceptors (Lipinski definition) is 1. The maximum Gasteiger partial charge on any atom is 0.145 e. The van der Waals surface area contributed by atoms with Crippen LogP contribution in [0, 0.1) is 0 Å². The molecule has 0 saturated carbocycles. The second-order valence-corrected chi connectivity index (χ2v) is 5.90. The molecule has 0 atom stereocenters. The summed E-state index contributed by atoms with van der Waals surface area (Å²) in [5.41, 5.74) is 4.32. The molecule has 22 heavy (non-hydrogen) atoms. The van der Waals surface area contributed by atoms with Gasteiger partial charge in [-0.1, -0.05) is 52.3 Å². The molecule has 3 rings (SSSR count). The van der Waals surface area contributed by atoms with Crippen LogP contribution >= 0.6 is 15.9 Å². The molecule has 0 bridgehead atoms. The highest BCUT2D eigenvalue weighted by molar-refractivity contribution is 9.10. The Kier molecular flexibility index (Phi) is 4.25. The van der Waals surface area contributed by atoms with Crippen molar-refractivity contribution in [3.63, 3.8) is 0 Å². The lowest BCUT2D eigenvalue weighted by Crippen LogP contribution is -1.98. The van der Waals surface area contributed by atoms with E-state index >= 15 is 0 Å². The summed E-state index contributed by atoms with van der Waals surface area (Å²) in [5.74, 6) is 0.953. The molecule has 0 amide bonds. The molecule has 2 nitrogen and oxygen atoms in total. The van der Waals surface area contributed by atoms with Crippen LogP contribution in [0.1, 0.15) is 13.8 Å². The van der Waals surface area contributed by atoms with Gasteiger partial charge >= 0.3 is 0 Å². The zero-order chi connectivity index (χ0) is 15.5. The third kappa shape index (κ3) is 2.64. The lowest BCUT2D eigenvalue weighted by atomic mass is 10.2. The first-order valence-corrected chi connectivity index (χ1v) is 8.06. The van der Waals surface area contributed by atoms with Crippen molar-refractivity contribution in [2.75, 3.05) is 0 Å². The van der Waals surface area contributed by atoms with Gasteiger partial charge in [-0.05, 0) is 44.2 Å². The number of nitrogens with zero attached hydrogens (tertiary/aromatic N) is 2. The number of fused-ring (bicyclic) bond motifs is 1. The van der Waals surface area contributed by atoms with Crippen molar-refractivity contribution in [1.82, 2.24) is 9.55 Å². The second-order valence-electron chi connectivity index (χ2n) is 4.98. The summed E-state index contributed by atoms with van der Waals surface area (Å²) in [5, 5.41) is 0. The summed E-state index contributed by atoms with van der Waals surface area (Å²) in [4.78, 5) is 4.84. The van der Waals surface area contributed by atoms with Gasteiger partial charge < -0.3 is 0 Å². The Hall–Kier alpha value is -2.13. The zero-order valence-electron chi connectivity index (χ0n) is 12.6. The molecule has 1 heterocycles. The van der Waals surface area contributed by atoms with E-state index in [1.165, 1.54) is 0 Å². The number of aromatic nitrogens is 2. The second kappa shape index (κ2) is 6.32. The molecule has 3 heteroatoms. The highest BCUT2D eigenvalue weighted by Crippen LogP contribution is 2.30. The van der Waals surface area contributed by atoms with Gasteiger partial charge in [0.2, 0.25) is 0 Å². The summed E-state index contributed by atoms with van der Waals surface area (Å²) in [6.07, 6.45) is 6.26. The fraction of sp³-hybridized carbons (Fsp3) is 0.105. The lowest BCUT2D eigenvalue weighted by molar-refractivity contribution is 1.14. The maximum absolute atomic E-state index is 4.84.